The monoisotopic (exact) mass is 194 g/mol. The molecule has 2 heteroatoms. The van der Waals surface area contributed by atoms with Crippen molar-refractivity contribution in [3.63, 3.8) is 0 Å². The van der Waals surface area contributed by atoms with Crippen molar-refractivity contribution in [1.82, 2.24) is 0 Å². The van der Waals surface area contributed by atoms with E-state index in [9.17, 15) is 4.39 Å². The summed E-state index contributed by atoms with van der Waals surface area (Å²) in [7, 11) is 0. The molecule has 0 N–H and O–H groups in total. The molecule has 0 spiro atoms. The maximum Gasteiger partial charge on any atom is 0.123 e. The molecule has 1 aliphatic carbocycles. The summed E-state index contributed by atoms with van der Waals surface area (Å²) in [6, 6.07) is 4.70. The second-order valence-corrected chi connectivity index (χ2v) is 3.93. The molecule has 76 valence electrons. The van der Waals surface area contributed by atoms with E-state index in [4.69, 9.17) is 4.74 Å². The highest BCUT2D eigenvalue weighted by molar-refractivity contribution is 5.32. The molecule has 1 aromatic rings. The molecule has 1 saturated carbocycles. The van der Waals surface area contributed by atoms with Crippen molar-refractivity contribution in [2.45, 2.75) is 38.7 Å². The van der Waals surface area contributed by atoms with Crippen molar-refractivity contribution in [1.29, 1.82) is 0 Å². The Morgan fingerprint density at radius 3 is 2.64 bits per heavy atom. The van der Waals surface area contributed by atoms with Gasteiger partial charge in [0.1, 0.15) is 11.6 Å². The third-order valence-corrected chi connectivity index (χ3v) is 2.73. The number of hydrogen-bond acceptors (Lipinski definition) is 1. The molecular weight excluding hydrogens is 179 g/mol. The van der Waals surface area contributed by atoms with Crippen molar-refractivity contribution < 1.29 is 9.13 Å². The van der Waals surface area contributed by atoms with Gasteiger partial charge in [-0.15, -0.1) is 0 Å². The molecule has 0 bridgehead atoms. The van der Waals surface area contributed by atoms with E-state index in [2.05, 4.69) is 0 Å². The lowest BCUT2D eigenvalue weighted by atomic mass is 10.2. The summed E-state index contributed by atoms with van der Waals surface area (Å²) in [5.41, 5.74) is 0.886. The lowest BCUT2D eigenvalue weighted by molar-refractivity contribution is 0.208. The van der Waals surface area contributed by atoms with Crippen LogP contribution in [0.2, 0.25) is 0 Å². The second kappa shape index (κ2) is 3.99. The molecule has 14 heavy (non-hydrogen) atoms. The minimum atomic E-state index is -0.193. The molecule has 1 aliphatic rings. The predicted molar refractivity (Wildman–Crippen MR) is 54.0 cm³/mol. The summed E-state index contributed by atoms with van der Waals surface area (Å²) in [5, 5.41) is 0. The molecular formula is C12H15FO. The van der Waals surface area contributed by atoms with Gasteiger partial charge in [0.2, 0.25) is 0 Å². The number of benzene rings is 1. The Kier molecular flexibility index (Phi) is 2.71. The first-order valence-electron chi connectivity index (χ1n) is 5.18. The van der Waals surface area contributed by atoms with Crippen LogP contribution >= 0.6 is 0 Å². The third-order valence-electron chi connectivity index (χ3n) is 2.73. The van der Waals surface area contributed by atoms with E-state index in [0.717, 1.165) is 24.2 Å². The summed E-state index contributed by atoms with van der Waals surface area (Å²) in [4.78, 5) is 0. The number of halogens is 1. The average molecular weight is 194 g/mol. The van der Waals surface area contributed by atoms with E-state index >= 15 is 0 Å². The Morgan fingerprint density at radius 2 is 2.00 bits per heavy atom. The molecule has 0 saturated heterocycles. The summed E-state index contributed by atoms with van der Waals surface area (Å²) < 4.78 is 18.6. The maximum atomic E-state index is 12.8. The van der Waals surface area contributed by atoms with Gasteiger partial charge in [-0.25, -0.2) is 4.39 Å². The molecule has 0 radical (unpaired) electrons. The number of aryl methyl sites for hydroxylation is 1. The third kappa shape index (κ3) is 2.06. The number of rotatable bonds is 2. The summed E-state index contributed by atoms with van der Waals surface area (Å²) in [6.45, 7) is 1.88. The number of hydrogen-bond donors (Lipinski definition) is 0. The fourth-order valence-electron chi connectivity index (χ4n) is 1.93. The standard InChI is InChI=1S/C12H15FO/c1-9-8-10(13)6-7-12(9)14-11-4-2-3-5-11/h6-8,11H,2-5H2,1H3. The first kappa shape index (κ1) is 9.50. The Balaban J connectivity index is 2.08. The van der Waals surface area contributed by atoms with Gasteiger partial charge < -0.3 is 4.74 Å². The van der Waals surface area contributed by atoms with Crippen LogP contribution < -0.4 is 4.74 Å². The van der Waals surface area contributed by atoms with E-state index in [1.165, 1.54) is 25.0 Å². The van der Waals surface area contributed by atoms with Crippen molar-refractivity contribution in [2.24, 2.45) is 0 Å². The van der Waals surface area contributed by atoms with Crippen LogP contribution in [0.15, 0.2) is 18.2 Å². The quantitative estimate of drug-likeness (QED) is 0.700. The van der Waals surface area contributed by atoms with Gasteiger partial charge in [-0.3, -0.25) is 0 Å². The lowest BCUT2D eigenvalue weighted by Gasteiger charge is -2.14. The van der Waals surface area contributed by atoms with Gasteiger partial charge in [-0.2, -0.15) is 0 Å². The highest BCUT2D eigenvalue weighted by Crippen LogP contribution is 2.26. The largest absolute Gasteiger partial charge is 0.490 e. The molecule has 0 aliphatic heterocycles. The van der Waals surface area contributed by atoms with Crippen LogP contribution in [-0.2, 0) is 0 Å². The molecule has 0 heterocycles. The van der Waals surface area contributed by atoms with Gasteiger partial charge in [0.05, 0.1) is 6.10 Å². The minimum absolute atomic E-state index is 0.193. The molecule has 2 rings (SSSR count). The Labute approximate surface area is 83.9 Å². The molecule has 0 atom stereocenters. The first-order chi connectivity index (χ1) is 6.75. The highest BCUT2D eigenvalue weighted by Gasteiger charge is 2.17. The van der Waals surface area contributed by atoms with Crippen LogP contribution in [0.1, 0.15) is 31.2 Å². The predicted octanol–water partition coefficient (Wildman–Crippen LogP) is 3.46. The minimum Gasteiger partial charge on any atom is -0.490 e. The molecule has 1 fully saturated rings. The van der Waals surface area contributed by atoms with Crippen LogP contribution in [-0.4, -0.2) is 6.10 Å². The van der Waals surface area contributed by atoms with Gasteiger partial charge in [-0.1, -0.05) is 0 Å². The van der Waals surface area contributed by atoms with E-state index in [1.54, 1.807) is 6.07 Å². The Morgan fingerprint density at radius 1 is 1.29 bits per heavy atom. The summed E-state index contributed by atoms with van der Waals surface area (Å²) in [6.07, 6.45) is 5.13. The number of ether oxygens (including phenoxy) is 1. The lowest BCUT2D eigenvalue weighted by Crippen LogP contribution is -2.11. The SMILES string of the molecule is Cc1cc(F)ccc1OC1CCCC1. The molecule has 0 unspecified atom stereocenters. The Bertz CT molecular complexity index is 316. The zero-order chi connectivity index (χ0) is 9.97. The molecule has 1 aromatic carbocycles. The maximum absolute atomic E-state index is 12.8. The summed E-state index contributed by atoms with van der Waals surface area (Å²) >= 11 is 0. The highest BCUT2D eigenvalue weighted by atomic mass is 19.1. The fourth-order valence-corrected chi connectivity index (χ4v) is 1.93. The van der Waals surface area contributed by atoms with Crippen LogP contribution in [0, 0.1) is 12.7 Å². The van der Waals surface area contributed by atoms with Crippen molar-refractivity contribution in [2.75, 3.05) is 0 Å². The second-order valence-electron chi connectivity index (χ2n) is 3.93. The van der Waals surface area contributed by atoms with Crippen molar-refractivity contribution in [3.8, 4) is 5.75 Å². The van der Waals surface area contributed by atoms with E-state index in [-0.39, 0.29) is 5.82 Å². The van der Waals surface area contributed by atoms with Crippen LogP contribution in [0.5, 0.6) is 5.75 Å². The summed E-state index contributed by atoms with van der Waals surface area (Å²) in [5.74, 6) is 0.638. The van der Waals surface area contributed by atoms with Crippen molar-refractivity contribution >= 4 is 0 Å². The van der Waals surface area contributed by atoms with Gasteiger partial charge in [-0.05, 0) is 56.4 Å². The molecule has 0 aromatic heterocycles. The van der Waals surface area contributed by atoms with Gasteiger partial charge in [0.25, 0.3) is 0 Å². The fraction of sp³-hybridized carbons (Fsp3) is 0.500. The van der Waals surface area contributed by atoms with Crippen LogP contribution in [0.25, 0.3) is 0 Å². The van der Waals surface area contributed by atoms with Crippen LogP contribution in [0.3, 0.4) is 0 Å². The molecule has 1 nitrogen and oxygen atoms in total. The van der Waals surface area contributed by atoms with Crippen LogP contribution in [0.4, 0.5) is 4.39 Å². The average Bonchev–Trinajstić information content (AvgIpc) is 2.62. The van der Waals surface area contributed by atoms with E-state index in [0.29, 0.717) is 6.10 Å². The van der Waals surface area contributed by atoms with E-state index in [1.807, 2.05) is 6.92 Å². The topological polar surface area (TPSA) is 9.23 Å². The Hall–Kier alpha value is -1.05. The molecule has 0 amide bonds. The smallest absolute Gasteiger partial charge is 0.123 e. The zero-order valence-corrected chi connectivity index (χ0v) is 8.42. The normalized spacial score (nSPS) is 17.3. The van der Waals surface area contributed by atoms with Crippen molar-refractivity contribution in [3.05, 3.63) is 29.6 Å². The van der Waals surface area contributed by atoms with Gasteiger partial charge in [0, 0.05) is 0 Å². The first-order valence-corrected chi connectivity index (χ1v) is 5.18. The van der Waals surface area contributed by atoms with Gasteiger partial charge >= 0.3 is 0 Å². The zero-order valence-electron chi connectivity index (χ0n) is 8.42. The van der Waals surface area contributed by atoms with E-state index < -0.39 is 0 Å². The van der Waals surface area contributed by atoms with Gasteiger partial charge in [0.15, 0.2) is 0 Å².